The van der Waals surface area contributed by atoms with Crippen molar-refractivity contribution in [2.75, 3.05) is 13.2 Å². The predicted molar refractivity (Wildman–Crippen MR) is 48.3 cm³/mol. The molecule has 0 amide bonds. The van der Waals surface area contributed by atoms with E-state index in [0.29, 0.717) is 0 Å². The molecule has 1 saturated heterocycles. The van der Waals surface area contributed by atoms with Gasteiger partial charge in [-0.3, -0.25) is 0 Å². The third kappa shape index (κ3) is 1.92. The molecule has 0 aromatic heterocycles. The molecule has 0 aromatic rings. The van der Waals surface area contributed by atoms with Gasteiger partial charge in [-0.05, 0) is 5.92 Å². The summed E-state index contributed by atoms with van der Waals surface area (Å²) in [7, 11) is 0. The molecule has 84 valence electrons. The topological polar surface area (TPSA) is 79.2 Å². The lowest BCUT2D eigenvalue weighted by Gasteiger charge is -2.43. The first-order valence-electron chi connectivity index (χ1n) is 4.81. The Labute approximate surface area is 83.2 Å². The Kier molecular flexibility index (Phi) is 3.86. The molecular weight excluding hydrogens is 188 g/mol. The van der Waals surface area contributed by atoms with E-state index in [9.17, 15) is 10.2 Å². The van der Waals surface area contributed by atoms with Crippen LogP contribution in [0.5, 0.6) is 0 Å². The van der Waals surface area contributed by atoms with E-state index in [1.165, 1.54) is 0 Å². The van der Waals surface area contributed by atoms with Gasteiger partial charge in [0.2, 0.25) is 0 Å². The molecule has 5 heteroatoms. The van der Waals surface area contributed by atoms with Gasteiger partial charge < -0.3 is 15.3 Å². The van der Waals surface area contributed by atoms with Crippen molar-refractivity contribution < 1.29 is 25.1 Å². The van der Waals surface area contributed by atoms with Crippen molar-refractivity contribution in [1.82, 2.24) is 0 Å². The first kappa shape index (κ1) is 11.9. The van der Waals surface area contributed by atoms with Crippen LogP contribution in [0.2, 0.25) is 0 Å². The van der Waals surface area contributed by atoms with Gasteiger partial charge in [-0.25, -0.2) is 9.78 Å². The minimum absolute atomic E-state index is 0.0675. The highest BCUT2D eigenvalue weighted by molar-refractivity contribution is 4.93. The summed E-state index contributed by atoms with van der Waals surface area (Å²) in [6.07, 6.45) is -1.06. The van der Waals surface area contributed by atoms with Gasteiger partial charge in [0.05, 0.1) is 19.3 Å². The van der Waals surface area contributed by atoms with Gasteiger partial charge in [-0.2, -0.15) is 0 Å². The fraction of sp³-hybridized carbons (Fsp3) is 1.00. The van der Waals surface area contributed by atoms with E-state index < -0.39 is 17.8 Å². The number of aliphatic hydroxyl groups excluding tert-OH is 3. The summed E-state index contributed by atoms with van der Waals surface area (Å²) in [5, 5.41) is 27.8. The van der Waals surface area contributed by atoms with Gasteiger partial charge >= 0.3 is 0 Å². The van der Waals surface area contributed by atoms with Crippen molar-refractivity contribution in [3.05, 3.63) is 0 Å². The van der Waals surface area contributed by atoms with Crippen LogP contribution in [0.15, 0.2) is 0 Å². The largest absolute Gasteiger partial charge is 0.394 e. The molecule has 1 aliphatic rings. The van der Waals surface area contributed by atoms with Crippen molar-refractivity contribution in [3.63, 3.8) is 0 Å². The molecule has 0 unspecified atom stereocenters. The summed E-state index contributed by atoms with van der Waals surface area (Å²) < 4.78 is 0. The average Bonchev–Trinajstić information content (AvgIpc) is 2.17. The molecular formula is C9H18O5. The molecule has 0 bridgehead atoms. The molecule has 1 heterocycles. The summed E-state index contributed by atoms with van der Waals surface area (Å²) in [4.78, 5) is 9.93. The van der Waals surface area contributed by atoms with Crippen LogP contribution in [0.25, 0.3) is 0 Å². The molecule has 14 heavy (non-hydrogen) atoms. The van der Waals surface area contributed by atoms with E-state index in [4.69, 9.17) is 14.9 Å². The highest BCUT2D eigenvalue weighted by atomic mass is 17.2. The van der Waals surface area contributed by atoms with Crippen molar-refractivity contribution in [3.8, 4) is 0 Å². The lowest BCUT2D eigenvalue weighted by atomic mass is 9.82. The van der Waals surface area contributed by atoms with E-state index in [-0.39, 0.29) is 25.6 Å². The van der Waals surface area contributed by atoms with E-state index in [1.54, 1.807) is 0 Å². The highest BCUT2D eigenvalue weighted by Crippen LogP contribution is 2.33. The number of aliphatic hydroxyl groups is 3. The maximum absolute atomic E-state index is 9.82. The summed E-state index contributed by atoms with van der Waals surface area (Å²) in [6.45, 7) is 3.17. The van der Waals surface area contributed by atoms with Crippen LogP contribution in [0.4, 0.5) is 0 Å². The van der Waals surface area contributed by atoms with E-state index in [1.807, 2.05) is 13.8 Å². The van der Waals surface area contributed by atoms with E-state index in [0.717, 1.165) is 0 Å². The van der Waals surface area contributed by atoms with Crippen LogP contribution in [-0.2, 0) is 9.78 Å². The molecule has 1 fully saturated rings. The monoisotopic (exact) mass is 206 g/mol. The molecule has 0 aromatic carbocycles. The fourth-order valence-electron chi connectivity index (χ4n) is 1.60. The van der Waals surface area contributed by atoms with E-state index in [2.05, 4.69) is 0 Å². The molecule has 0 radical (unpaired) electrons. The lowest BCUT2D eigenvalue weighted by molar-refractivity contribution is -0.444. The van der Waals surface area contributed by atoms with Crippen LogP contribution >= 0.6 is 0 Å². The standard InChI is InChI=1S/C9H18O5/c1-6(2)9(5-11)8(12)3-7(4-10)13-14-9/h6-8,10-12H,3-5H2,1-2H3/t7-,8+,9+/m0/s1. The molecule has 5 nitrogen and oxygen atoms in total. The molecule has 0 saturated carbocycles. The SMILES string of the molecule is CC(C)[C@@]1(CO)OO[C@H](CO)C[C@H]1O. The van der Waals surface area contributed by atoms with Crippen molar-refractivity contribution in [2.45, 2.75) is 38.1 Å². The summed E-state index contributed by atoms with van der Waals surface area (Å²) in [5.41, 5.74) is -1.06. The quantitative estimate of drug-likeness (QED) is 0.540. The molecule has 3 atom stereocenters. The normalized spacial score (nSPS) is 39.0. The van der Waals surface area contributed by atoms with Crippen molar-refractivity contribution in [2.24, 2.45) is 5.92 Å². The van der Waals surface area contributed by atoms with Gasteiger partial charge in [-0.1, -0.05) is 13.8 Å². The Bertz CT molecular complexity index is 184. The van der Waals surface area contributed by atoms with Gasteiger partial charge in [0.1, 0.15) is 6.10 Å². The maximum atomic E-state index is 9.82. The summed E-state index contributed by atoms with van der Waals surface area (Å²) >= 11 is 0. The van der Waals surface area contributed by atoms with E-state index >= 15 is 0 Å². The first-order valence-corrected chi connectivity index (χ1v) is 4.81. The number of rotatable bonds is 3. The number of hydrogen-bond donors (Lipinski definition) is 3. The predicted octanol–water partition coefficient (Wildman–Crippen LogP) is -0.553. The molecule has 1 aliphatic heterocycles. The Morgan fingerprint density at radius 3 is 2.43 bits per heavy atom. The van der Waals surface area contributed by atoms with Crippen LogP contribution in [0, 0.1) is 5.92 Å². The molecule has 0 aliphatic carbocycles. The van der Waals surface area contributed by atoms with Crippen LogP contribution in [-0.4, -0.2) is 46.3 Å². The smallest absolute Gasteiger partial charge is 0.154 e. The Hall–Kier alpha value is -0.200. The van der Waals surface area contributed by atoms with Gasteiger partial charge in [0.15, 0.2) is 5.60 Å². The van der Waals surface area contributed by atoms with Crippen LogP contribution in [0.3, 0.4) is 0 Å². The fourth-order valence-corrected chi connectivity index (χ4v) is 1.60. The zero-order valence-corrected chi connectivity index (χ0v) is 8.51. The molecule has 1 rings (SSSR count). The van der Waals surface area contributed by atoms with Gasteiger partial charge in [-0.15, -0.1) is 0 Å². The Morgan fingerprint density at radius 1 is 1.43 bits per heavy atom. The van der Waals surface area contributed by atoms with Crippen molar-refractivity contribution >= 4 is 0 Å². The Morgan fingerprint density at radius 2 is 2.07 bits per heavy atom. The maximum Gasteiger partial charge on any atom is 0.154 e. The minimum atomic E-state index is -1.06. The molecule has 3 N–H and O–H groups in total. The summed E-state index contributed by atoms with van der Waals surface area (Å²) in [6, 6.07) is 0. The van der Waals surface area contributed by atoms with Crippen LogP contribution < -0.4 is 0 Å². The lowest BCUT2D eigenvalue weighted by Crippen LogP contribution is -2.57. The zero-order valence-electron chi connectivity index (χ0n) is 8.51. The van der Waals surface area contributed by atoms with Crippen LogP contribution in [0.1, 0.15) is 20.3 Å². The second kappa shape index (κ2) is 4.55. The first-order chi connectivity index (χ1) is 6.56. The minimum Gasteiger partial charge on any atom is -0.394 e. The third-order valence-corrected chi connectivity index (χ3v) is 2.82. The number of hydrogen-bond acceptors (Lipinski definition) is 5. The third-order valence-electron chi connectivity index (χ3n) is 2.82. The summed E-state index contributed by atoms with van der Waals surface area (Å²) in [5.74, 6) is -0.0675. The second-order valence-corrected chi connectivity index (χ2v) is 4.00. The Balaban J connectivity index is 2.71. The second-order valence-electron chi connectivity index (χ2n) is 4.00. The zero-order chi connectivity index (χ0) is 10.8. The highest BCUT2D eigenvalue weighted by Gasteiger charge is 2.48. The van der Waals surface area contributed by atoms with Gasteiger partial charge in [0.25, 0.3) is 0 Å². The van der Waals surface area contributed by atoms with Crippen molar-refractivity contribution in [1.29, 1.82) is 0 Å². The molecule has 0 spiro atoms. The average molecular weight is 206 g/mol. The van der Waals surface area contributed by atoms with Gasteiger partial charge in [0, 0.05) is 6.42 Å².